The molecule has 0 radical (unpaired) electrons. The van der Waals surface area contributed by atoms with Crippen LogP contribution in [0.5, 0.6) is 0 Å². The van der Waals surface area contributed by atoms with Crippen LogP contribution in [0, 0.1) is 23.2 Å². The van der Waals surface area contributed by atoms with E-state index in [2.05, 4.69) is 0 Å². The highest BCUT2D eigenvalue weighted by Gasteiger charge is 2.73. The summed E-state index contributed by atoms with van der Waals surface area (Å²) in [5.41, 5.74) is -6.91. The highest BCUT2D eigenvalue weighted by molar-refractivity contribution is 5.84. The Balaban J connectivity index is 1.62. The fourth-order valence-corrected chi connectivity index (χ4v) is 7.15. The molecule has 0 aromatic heterocycles. The maximum absolute atomic E-state index is 14.6. The van der Waals surface area contributed by atoms with Gasteiger partial charge < -0.3 is 10.0 Å². The molecule has 0 spiro atoms. The Kier molecular flexibility index (Phi) is 7.09. The lowest BCUT2D eigenvalue weighted by atomic mass is 9.60. The van der Waals surface area contributed by atoms with Crippen LogP contribution >= 0.6 is 0 Å². The molecule has 1 aromatic rings. The number of carboxylic acid groups (broad SMARTS) is 1. The predicted molar refractivity (Wildman–Crippen MR) is 124 cm³/mol. The number of aryl methyl sites for hydroxylation is 1. The zero-order valence-corrected chi connectivity index (χ0v) is 21.4. The lowest BCUT2D eigenvalue weighted by molar-refractivity contribution is -0.348. The fraction of sp³-hybridized carbons (Fsp3) is 0.704. The number of halogens is 7. The van der Waals surface area contributed by atoms with Crippen molar-refractivity contribution in [1.29, 1.82) is 0 Å². The van der Waals surface area contributed by atoms with Crippen molar-refractivity contribution in [2.45, 2.75) is 89.3 Å². The first kappa shape index (κ1) is 28.7. The Morgan fingerprint density at radius 3 is 2.18 bits per heavy atom. The van der Waals surface area contributed by atoms with E-state index in [9.17, 15) is 45.4 Å². The van der Waals surface area contributed by atoms with Gasteiger partial charge in [-0.3, -0.25) is 9.59 Å². The molecule has 1 amide bonds. The van der Waals surface area contributed by atoms with E-state index in [1.54, 1.807) is 4.90 Å². The summed E-state index contributed by atoms with van der Waals surface area (Å²) >= 11 is 0. The molecular formula is C27H32F7NO3. The van der Waals surface area contributed by atoms with Crippen LogP contribution in [0.4, 0.5) is 30.7 Å². The minimum atomic E-state index is -6.17. The Morgan fingerprint density at radius 1 is 1.03 bits per heavy atom. The number of nitrogens with zero attached hydrogens (tertiary/aromatic N) is 1. The summed E-state index contributed by atoms with van der Waals surface area (Å²) in [6.07, 6.45) is -10.1. The monoisotopic (exact) mass is 551 g/mol. The summed E-state index contributed by atoms with van der Waals surface area (Å²) in [6.45, 7) is 6.12. The van der Waals surface area contributed by atoms with E-state index in [1.165, 1.54) is 0 Å². The smallest absolute Gasteiger partial charge is 0.435 e. The van der Waals surface area contributed by atoms with Gasteiger partial charge >= 0.3 is 24.0 Å². The van der Waals surface area contributed by atoms with Crippen LogP contribution in [0.1, 0.15) is 75.5 Å². The van der Waals surface area contributed by atoms with Gasteiger partial charge in [0.25, 0.3) is 0 Å². The molecule has 5 atom stereocenters. The van der Waals surface area contributed by atoms with Gasteiger partial charge in [0, 0.05) is 24.1 Å². The molecule has 38 heavy (non-hydrogen) atoms. The summed E-state index contributed by atoms with van der Waals surface area (Å²) < 4.78 is 94.3. The van der Waals surface area contributed by atoms with E-state index in [-0.39, 0.29) is 41.7 Å². The van der Waals surface area contributed by atoms with E-state index in [4.69, 9.17) is 0 Å². The van der Waals surface area contributed by atoms with Crippen molar-refractivity contribution in [3.8, 4) is 0 Å². The first-order valence-corrected chi connectivity index (χ1v) is 12.9. The average Bonchev–Trinajstić information content (AvgIpc) is 3.25. The highest BCUT2D eigenvalue weighted by atomic mass is 19.4. The van der Waals surface area contributed by atoms with E-state index in [0.717, 1.165) is 6.07 Å². The van der Waals surface area contributed by atoms with Crippen molar-refractivity contribution in [3.05, 3.63) is 34.9 Å². The van der Waals surface area contributed by atoms with Gasteiger partial charge in [-0.05, 0) is 61.5 Å². The quantitative estimate of drug-likeness (QED) is 0.421. The van der Waals surface area contributed by atoms with Crippen molar-refractivity contribution >= 4 is 11.9 Å². The van der Waals surface area contributed by atoms with Crippen molar-refractivity contribution in [1.82, 2.24) is 4.90 Å². The molecular weight excluding hydrogens is 519 g/mol. The second kappa shape index (κ2) is 9.40. The predicted octanol–water partition coefficient (Wildman–Crippen LogP) is 6.77. The number of amides is 1. The third kappa shape index (κ3) is 4.28. The number of hydrogen-bond acceptors (Lipinski definition) is 2. The molecule has 0 unspecified atom stereocenters. The molecule has 1 N–H and O–H groups in total. The van der Waals surface area contributed by atoms with Crippen LogP contribution in [0.2, 0.25) is 0 Å². The maximum Gasteiger partial charge on any atom is 0.435 e. The summed E-state index contributed by atoms with van der Waals surface area (Å²) in [5, 5.41) is 9.53. The molecule has 1 heterocycles. The highest BCUT2D eigenvalue weighted by Crippen LogP contribution is 2.55. The lowest BCUT2D eigenvalue weighted by Gasteiger charge is -2.47. The van der Waals surface area contributed by atoms with Gasteiger partial charge in [0.05, 0.1) is 11.3 Å². The maximum atomic E-state index is 14.6. The molecule has 4 rings (SSSR count). The summed E-state index contributed by atoms with van der Waals surface area (Å²) in [5.74, 6) is -1.98. The Hall–Kier alpha value is -2.33. The van der Waals surface area contributed by atoms with Crippen LogP contribution in [0.15, 0.2) is 18.2 Å². The number of benzene rings is 1. The molecule has 2 fully saturated rings. The Morgan fingerprint density at radius 2 is 1.66 bits per heavy atom. The molecule has 1 saturated heterocycles. The number of carbonyl (C=O) groups excluding carboxylic acids is 1. The van der Waals surface area contributed by atoms with Crippen LogP contribution in [0.3, 0.4) is 0 Å². The first-order valence-electron chi connectivity index (χ1n) is 12.9. The molecule has 1 aliphatic heterocycles. The zero-order valence-electron chi connectivity index (χ0n) is 21.4. The van der Waals surface area contributed by atoms with Crippen LogP contribution in [-0.4, -0.2) is 46.8 Å². The van der Waals surface area contributed by atoms with E-state index < -0.39 is 40.9 Å². The minimum Gasteiger partial charge on any atom is -0.481 e. The summed E-state index contributed by atoms with van der Waals surface area (Å²) in [7, 11) is 0. The van der Waals surface area contributed by atoms with Gasteiger partial charge in [-0.1, -0.05) is 39.0 Å². The van der Waals surface area contributed by atoms with Crippen LogP contribution < -0.4 is 0 Å². The number of alkyl halides is 7. The molecule has 11 heteroatoms. The Bertz CT molecular complexity index is 1090. The molecule has 4 nitrogen and oxygen atoms in total. The fourth-order valence-electron chi connectivity index (χ4n) is 7.15. The van der Waals surface area contributed by atoms with Gasteiger partial charge in [-0.25, -0.2) is 4.39 Å². The van der Waals surface area contributed by atoms with Crippen molar-refractivity contribution in [2.75, 3.05) is 6.54 Å². The topological polar surface area (TPSA) is 57.6 Å². The van der Waals surface area contributed by atoms with Crippen LogP contribution in [-0.2, 0) is 21.7 Å². The number of carboxylic acids is 1. The minimum absolute atomic E-state index is 0.0490. The van der Waals surface area contributed by atoms with Crippen molar-refractivity contribution in [3.63, 3.8) is 0 Å². The van der Waals surface area contributed by atoms with E-state index in [0.29, 0.717) is 56.3 Å². The molecule has 1 aromatic carbocycles. The largest absolute Gasteiger partial charge is 0.481 e. The van der Waals surface area contributed by atoms with E-state index in [1.807, 2.05) is 20.8 Å². The number of fused-ring (bicyclic) bond motifs is 3. The molecule has 2 aliphatic carbocycles. The van der Waals surface area contributed by atoms with Gasteiger partial charge in [0.1, 0.15) is 0 Å². The first-order chi connectivity index (χ1) is 17.5. The van der Waals surface area contributed by atoms with Gasteiger partial charge in [-0.15, -0.1) is 0 Å². The van der Waals surface area contributed by atoms with Gasteiger partial charge in [0.2, 0.25) is 5.91 Å². The standard InChI is InChI=1S/C27H32F7NO3/c1-14(2)24(10-8-18(22(36)37)15(3)13-24)23(38)35-11-9-20-19-6-5-17(12-16(19)4-7-21(20)35)25(28,26(29,30)31)27(32,33)34/h5-6,12,14-15,18,20-21H,4,7-11,13H2,1-3H3,(H,36,37)/t15-,18-,20+,21-,24+/m1/s1. The number of aliphatic carboxylic acids is 1. The van der Waals surface area contributed by atoms with Gasteiger partial charge in [-0.2, -0.15) is 26.3 Å². The molecule has 212 valence electrons. The third-order valence-corrected chi connectivity index (χ3v) is 9.36. The lowest BCUT2D eigenvalue weighted by Crippen LogP contribution is -2.53. The number of likely N-dealkylation sites (tertiary alicyclic amines) is 1. The second-order valence-electron chi connectivity index (χ2n) is 11.5. The molecule has 0 bridgehead atoms. The summed E-state index contributed by atoms with van der Waals surface area (Å²) in [4.78, 5) is 27.5. The normalized spacial score (nSPS) is 30.2. The zero-order chi connectivity index (χ0) is 28.4. The summed E-state index contributed by atoms with van der Waals surface area (Å²) in [6, 6.07) is 2.13. The third-order valence-electron chi connectivity index (χ3n) is 9.36. The number of carbonyl (C=O) groups is 2. The molecule has 1 saturated carbocycles. The Labute approximate surface area is 216 Å². The molecule has 3 aliphatic rings. The van der Waals surface area contributed by atoms with Crippen LogP contribution in [0.25, 0.3) is 0 Å². The second-order valence-corrected chi connectivity index (χ2v) is 11.5. The SMILES string of the molecule is CC(C)[C@]1(C(=O)N2CC[C@H]3c4ccc(C(F)(C(F)(F)F)C(F)(F)F)cc4CC[C@H]32)CC[C@@H](C(=O)O)[C@H](C)C1. The number of rotatable bonds is 4. The van der Waals surface area contributed by atoms with Gasteiger partial charge in [0.15, 0.2) is 0 Å². The average molecular weight is 552 g/mol. The van der Waals surface area contributed by atoms with Crippen molar-refractivity contribution < 1.29 is 45.4 Å². The van der Waals surface area contributed by atoms with Crippen molar-refractivity contribution in [2.24, 2.45) is 23.2 Å². The van der Waals surface area contributed by atoms with E-state index >= 15 is 0 Å². The number of hydrogen-bond donors (Lipinski definition) is 1.